The first-order valence-corrected chi connectivity index (χ1v) is 14.0. The molecule has 2 saturated heterocycles. The number of amides is 1. The van der Waals surface area contributed by atoms with Crippen molar-refractivity contribution in [3.8, 4) is 5.88 Å². The predicted molar refractivity (Wildman–Crippen MR) is 150 cm³/mol. The van der Waals surface area contributed by atoms with Crippen LogP contribution >= 0.6 is 0 Å². The van der Waals surface area contributed by atoms with Gasteiger partial charge in [0.2, 0.25) is 0 Å². The van der Waals surface area contributed by atoms with Crippen LogP contribution in [-0.4, -0.2) is 74.8 Å². The first-order valence-electron chi connectivity index (χ1n) is 14.0. The number of carbonyl (C=O) groups is 1. The number of H-pyrrole nitrogens is 1. The van der Waals surface area contributed by atoms with Crippen LogP contribution in [0.2, 0.25) is 0 Å². The Bertz CT molecular complexity index is 1280. The monoisotopic (exact) mass is 520 g/mol. The summed E-state index contributed by atoms with van der Waals surface area (Å²) >= 11 is 0. The Labute approximate surface area is 224 Å². The number of nitrogens with one attached hydrogen (secondary N) is 2. The normalized spacial score (nSPS) is 19.9. The molecule has 2 aliphatic heterocycles. The SMILES string of the molecule is CCC(=Nc1cnn(C2CCN(C(C)C)CC2)c1)c1c(O)[nH]c2ccc(C(=O)NC[C@H]3CCCCO3)cc12. The fourth-order valence-electron chi connectivity index (χ4n) is 5.61. The molecule has 2 aromatic heterocycles. The maximum Gasteiger partial charge on any atom is 0.251 e. The second kappa shape index (κ2) is 11.7. The number of aromatic hydroxyl groups is 1. The summed E-state index contributed by atoms with van der Waals surface area (Å²) in [5.74, 6) is -0.0882. The number of nitrogens with zero attached hydrogens (tertiary/aromatic N) is 4. The molecule has 2 fully saturated rings. The van der Waals surface area contributed by atoms with E-state index in [4.69, 9.17) is 9.73 Å². The zero-order valence-electron chi connectivity index (χ0n) is 22.7. The van der Waals surface area contributed by atoms with Gasteiger partial charge in [0.25, 0.3) is 5.91 Å². The van der Waals surface area contributed by atoms with Crippen molar-refractivity contribution in [2.75, 3.05) is 26.2 Å². The number of carbonyl (C=O) groups excluding carboxylic acids is 1. The van der Waals surface area contributed by atoms with Crippen molar-refractivity contribution in [3.05, 3.63) is 41.7 Å². The topological polar surface area (TPSA) is 108 Å². The lowest BCUT2D eigenvalue weighted by Crippen LogP contribution is -2.39. The molecule has 4 heterocycles. The third kappa shape index (κ3) is 5.78. The van der Waals surface area contributed by atoms with Crippen LogP contribution < -0.4 is 5.32 Å². The summed E-state index contributed by atoms with van der Waals surface area (Å²) in [5.41, 5.74) is 3.45. The van der Waals surface area contributed by atoms with Gasteiger partial charge in [0, 0.05) is 48.7 Å². The number of piperidine rings is 1. The van der Waals surface area contributed by atoms with Crippen LogP contribution in [-0.2, 0) is 4.74 Å². The summed E-state index contributed by atoms with van der Waals surface area (Å²) in [6.07, 6.45) is 9.83. The molecule has 5 rings (SSSR count). The van der Waals surface area contributed by atoms with Crippen LogP contribution in [0.5, 0.6) is 5.88 Å². The average Bonchev–Trinajstić information content (AvgIpc) is 3.54. The summed E-state index contributed by atoms with van der Waals surface area (Å²) in [7, 11) is 0. The van der Waals surface area contributed by atoms with Gasteiger partial charge in [-0.1, -0.05) is 6.92 Å². The Hall–Kier alpha value is -3.17. The first kappa shape index (κ1) is 26.4. The van der Waals surface area contributed by atoms with Crippen LogP contribution in [0.15, 0.2) is 35.6 Å². The molecular formula is C29H40N6O3. The summed E-state index contributed by atoms with van der Waals surface area (Å²) in [4.78, 5) is 23.3. The van der Waals surface area contributed by atoms with Crippen molar-refractivity contribution >= 4 is 28.2 Å². The number of ether oxygens (including phenoxy) is 1. The molecule has 3 aromatic rings. The molecule has 1 amide bonds. The molecule has 9 nitrogen and oxygen atoms in total. The molecular weight excluding hydrogens is 480 g/mol. The largest absolute Gasteiger partial charge is 0.494 e. The maximum atomic E-state index is 12.9. The number of aromatic nitrogens is 3. The Kier molecular flexibility index (Phi) is 8.14. The molecule has 0 unspecified atom stereocenters. The Morgan fingerprint density at radius 3 is 2.79 bits per heavy atom. The third-order valence-corrected chi connectivity index (χ3v) is 7.88. The highest BCUT2D eigenvalue weighted by Crippen LogP contribution is 2.31. The molecule has 9 heteroatoms. The van der Waals surface area contributed by atoms with E-state index in [1.807, 2.05) is 29.9 Å². The number of benzene rings is 1. The van der Waals surface area contributed by atoms with Crippen molar-refractivity contribution in [1.82, 2.24) is 25.0 Å². The maximum absolute atomic E-state index is 12.9. The van der Waals surface area contributed by atoms with Crippen LogP contribution in [0.3, 0.4) is 0 Å². The van der Waals surface area contributed by atoms with Gasteiger partial charge in [-0.25, -0.2) is 4.99 Å². The Morgan fingerprint density at radius 1 is 1.26 bits per heavy atom. The van der Waals surface area contributed by atoms with E-state index in [-0.39, 0.29) is 17.9 Å². The van der Waals surface area contributed by atoms with E-state index in [0.717, 1.165) is 74.1 Å². The second-order valence-corrected chi connectivity index (χ2v) is 10.8. The van der Waals surface area contributed by atoms with E-state index in [0.29, 0.717) is 36.2 Å². The standard InChI is InChI=1S/C29H40N6O3/c1-4-25(32-21-16-31-35(18-21)22-10-12-34(13-11-22)19(2)3)27-24-15-20(8-9-26(24)33-29(27)37)28(36)30-17-23-7-5-6-14-38-23/h8-9,15-16,18-19,22-23,33,37H,4-7,10-14,17H2,1-3H3,(H,30,36)/t23-/m1/s1. The highest BCUT2D eigenvalue weighted by molar-refractivity contribution is 6.14. The van der Waals surface area contributed by atoms with Crippen LogP contribution in [0, 0.1) is 0 Å². The first-order chi connectivity index (χ1) is 18.4. The van der Waals surface area contributed by atoms with Crippen molar-refractivity contribution < 1.29 is 14.6 Å². The second-order valence-electron chi connectivity index (χ2n) is 10.8. The molecule has 1 aromatic carbocycles. The lowest BCUT2D eigenvalue weighted by molar-refractivity contribution is 0.0169. The van der Waals surface area contributed by atoms with E-state index >= 15 is 0 Å². The van der Waals surface area contributed by atoms with Gasteiger partial charge in [-0.2, -0.15) is 5.10 Å². The highest BCUT2D eigenvalue weighted by atomic mass is 16.5. The number of aromatic amines is 1. The highest BCUT2D eigenvalue weighted by Gasteiger charge is 2.23. The van der Waals surface area contributed by atoms with Crippen LogP contribution in [0.25, 0.3) is 10.9 Å². The fourth-order valence-corrected chi connectivity index (χ4v) is 5.61. The summed E-state index contributed by atoms with van der Waals surface area (Å²) in [6, 6.07) is 6.38. The molecule has 38 heavy (non-hydrogen) atoms. The van der Waals surface area contributed by atoms with E-state index in [2.05, 4.69) is 34.1 Å². The summed E-state index contributed by atoms with van der Waals surface area (Å²) in [6.45, 7) is 9.92. The van der Waals surface area contributed by atoms with Gasteiger partial charge < -0.3 is 25.0 Å². The molecule has 2 aliphatic rings. The zero-order chi connectivity index (χ0) is 26.6. The quantitative estimate of drug-likeness (QED) is 0.365. The smallest absolute Gasteiger partial charge is 0.251 e. The number of fused-ring (bicyclic) bond motifs is 1. The minimum atomic E-state index is -0.146. The van der Waals surface area contributed by atoms with Gasteiger partial charge in [0.15, 0.2) is 5.88 Å². The number of hydrogen-bond acceptors (Lipinski definition) is 6. The van der Waals surface area contributed by atoms with Gasteiger partial charge in [-0.15, -0.1) is 0 Å². The van der Waals surface area contributed by atoms with Crippen molar-refractivity contribution in [1.29, 1.82) is 0 Å². The Morgan fingerprint density at radius 2 is 2.08 bits per heavy atom. The zero-order valence-corrected chi connectivity index (χ0v) is 22.7. The number of rotatable bonds is 8. The summed E-state index contributed by atoms with van der Waals surface area (Å²) < 4.78 is 7.78. The molecule has 0 spiro atoms. The van der Waals surface area contributed by atoms with Crippen LogP contribution in [0.4, 0.5) is 5.69 Å². The number of hydrogen-bond donors (Lipinski definition) is 3. The minimum Gasteiger partial charge on any atom is -0.494 e. The average molecular weight is 521 g/mol. The molecule has 0 aliphatic carbocycles. The van der Waals surface area contributed by atoms with E-state index in [1.165, 1.54) is 0 Å². The molecule has 0 saturated carbocycles. The third-order valence-electron chi connectivity index (χ3n) is 7.88. The predicted octanol–water partition coefficient (Wildman–Crippen LogP) is 4.95. The Balaban J connectivity index is 1.34. The van der Waals surface area contributed by atoms with E-state index in [1.54, 1.807) is 12.3 Å². The molecule has 0 radical (unpaired) electrons. The lowest BCUT2D eigenvalue weighted by Gasteiger charge is -2.34. The van der Waals surface area contributed by atoms with Crippen LogP contribution in [0.1, 0.15) is 81.3 Å². The van der Waals surface area contributed by atoms with E-state index in [9.17, 15) is 9.90 Å². The molecule has 3 N–H and O–H groups in total. The van der Waals surface area contributed by atoms with Crippen molar-refractivity contribution in [2.24, 2.45) is 4.99 Å². The fraction of sp³-hybridized carbons (Fsp3) is 0.552. The van der Waals surface area contributed by atoms with E-state index < -0.39 is 0 Å². The van der Waals surface area contributed by atoms with Crippen molar-refractivity contribution in [2.45, 2.75) is 77.5 Å². The van der Waals surface area contributed by atoms with Gasteiger partial charge in [0.1, 0.15) is 5.69 Å². The molecule has 204 valence electrons. The minimum absolute atomic E-state index is 0.0576. The van der Waals surface area contributed by atoms with Gasteiger partial charge in [-0.05, 0) is 70.6 Å². The number of likely N-dealkylation sites (tertiary alicyclic amines) is 1. The van der Waals surface area contributed by atoms with Crippen molar-refractivity contribution in [3.63, 3.8) is 0 Å². The number of aliphatic imine (C=N–C) groups is 1. The molecule has 0 bridgehead atoms. The van der Waals surface area contributed by atoms with Gasteiger partial charge in [0.05, 0.1) is 35.8 Å². The van der Waals surface area contributed by atoms with Gasteiger partial charge >= 0.3 is 0 Å². The summed E-state index contributed by atoms with van der Waals surface area (Å²) in [5, 5.41) is 19.2. The molecule has 1 atom stereocenters. The van der Waals surface area contributed by atoms with Gasteiger partial charge in [-0.3, -0.25) is 9.48 Å². The lowest BCUT2D eigenvalue weighted by atomic mass is 10.0.